The Morgan fingerprint density at radius 3 is 1.29 bits per heavy atom. The molecular weight excluding hydrogens is 636 g/mol. The van der Waals surface area contributed by atoms with Crippen LogP contribution in [0.2, 0.25) is 0 Å². The second kappa shape index (κ2) is 17.8. The smallest absolute Gasteiger partial charge is 0.161 e. The number of amidine groups is 2. The molecule has 4 N–H and O–H groups in total. The van der Waals surface area contributed by atoms with Crippen LogP contribution in [0.5, 0.6) is 23.0 Å². The summed E-state index contributed by atoms with van der Waals surface area (Å²) in [5, 5.41) is 0. The van der Waals surface area contributed by atoms with E-state index < -0.39 is 0 Å². The van der Waals surface area contributed by atoms with Gasteiger partial charge in [-0.3, -0.25) is 9.98 Å². The van der Waals surface area contributed by atoms with Crippen LogP contribution in [0, 0.1) is 11.8 Å². The average molecular weight is 689 g/mol. The summed E-state index contributed by atoms with van der Waals surface area (Å²) >= 11 is 0. The molecule has 0 unspecified atom stereocenters. The van der Waals surface area contributed by atoms with E-state index in [1.54, 1.807) is 14.2 Å². The SMILES string of the molecule is COc1cc(C(N)=NC2CCC(CC3CCC(N=C(N)c4ccc(OCc5ccccc5)c(OC)c4)CC3)CC2)ccc1OCc1ccccc1. The van der Waals surface area contributed by atoms with Crippen LogP contribution in [0.15, 0.2) is 107 Å². The molecule has 0 aliphatic heterocycles. The standard InChI is InChI=1S/C43H52N4O4/c1-48-40-26-34(17-23-38(40)50-28-32-9-5-3-6-10-32)42(44)46-36-19-13-30(14-20-36)25-31-15-21-37(22-16-31)47-43(45)35-18-24-39(41(27-35)49-2)51-29-33-11-7-4-8-12-33/h3-12,17-18,23-24,26-27,30-31,36-37H,13-16,19-22,25,28-29H2,1-2H3,(H2,44,46)(H2,45,47). The van der Waals surface area contributed by atoms with Gasteiger partial charge in [0.15, 0.2) is 23.0 Å². The van der Waals surface area contributed by atoms with Crippen LogP contribution < -0.4 is 30.4 Å². The minimum atomic E-state index is 0.261. The van der Waals surface area contributed by atoms with Crippen molar-refractivity contribution >= 4 is 11.7 Å². The van der Waals surface area contributed by atoms with Gasteiger partial charge in [-0.2, -0.15) is 0 Å². The third-order valence-electron chi connectivity index (χ3n) is 10.3. The number of nitrogens with zero attached hydrogens (tertiary/aromatic N) is 2. The van der Waals surface area contributed by atoms with Crippen LogP contribution in [0.25, 0.3) is 0 Å². The van der Waals surface area contributed by atoms with Gasteiger partial charge in [-0.15, -0.1) is 0 Å². The van der Waals surface area contributed by atoms with Crippen LogP contribution in [-0.2, 0) is 13.2 Å². The molecule has 4 aromatic rings. The first-order valence-corrected chi connectivity index (χ1v) is 18.3. The summed E-state index contributed by atoms with van der Waals surface area (Å²) in [5.74, 6) is 5.34. The number of benzene rings is 4. The first kappa shape index (κ1) is 35.8. The summed E-state index contributed by atoms with van der Waals surface area (Å²) in [6, 6.07) is 32.4. The van der Waals surface area contributed by atoms with Crippen LogP contribution in [0.3, 0.4) is 0 Å². The van der Waals surface area contributed by atoms with Gasteiger partial charge in [0.2, 0.25) is 0 Å². The lowest BCUT2D eigenvalue weighted by Gasteiger charge is -2.32. The molecular formula is C43H52N4O4. The number of hydrogen-bond acceptors (Lipinski definition) is 6. The first-order valence-electron chi connectivity index (χ1n) is 18.3. The zero-order valence-corrected chi connectivity index (χ0v) is 30.0. The predicted octanol–water partition coefficient (Wildman–Crippen LogP) is 8.48. The molecule has 0 amide bonds. The van der Waals surface area contributed by atoms with Crippen LogP contribution >= 0.6 is 0 Å². The molecule has 0 heterocycles. The summed E-state index contributed by atoms with van der Waals surface area (Å²) < 4.78 is 23.3. The number of aliphatic imine (C=N–C) groups is 2. The summed E-state index contributed by atoms with van der Waals surface area (Å²) in [6.45, 7) is 0.955. The average Bonchev–Trinajstić information content (AvgIpc) is 3.18. The minimum Gasteiger partial charge on any atom is -0.493 e. The molecule has 2 fully saturated rings. The fourth-order valence-corrected chi connectivity index (χ4v) is 7.40. The lowest BCUT2D eigenvalue weighted by Crippen LogP contribution is -2.26. The van der Waals surface area contributed by atoms with Gasteiger partial charge in [-0.1, -0.05) is 60.7 Å². The third-order valence-corrected chi connectivity index (χ3v) is 10.3. The number of methoxy groups -OCH3 is 2. The minimum absolute atomic E-state index is 0.261. The fraction of sp³-hybridized carbons (Fsp3) is 0.395. The topological polar surface area (TPSA) is 114 Å². The van der Waals surface area contributed by atoms with Crippen molar-refractivity contribution in [1.82, 2.24) is 0 Å². The maximum Gasteiger partial charge on any atom is 0.161 e. The number of ether oxygens (including phenoxy) is 4. The van der Waals surface area contributed by atoms with Crippen molar-refractivity contribution in [2.45, 2.75) is 83.1 Å². The van der Waals surface area contributed by atoms with Crippen molar-refractivity contribution in [1.29, 1.82) is 0 Å². The van der Waals surface area contributed by atoms with Crippen molar-refractivity contribution < 1.29 is 18.9 Å². The number of hydrogen-bond donors (Lipinski definition) is 2. The van der Waals surface area contributed by atoms with E-state index in [-0.39, 0.29) is 12.1 Å². The maximum absolute atomic E-state index is 6.51. The Labute approximate surface area is 302 Å². The highest BCUT2D eigenvalue weighted by Crippen LogP contribution is 2.37. The Morgan fingerprint density at radius 2 is 0.922 bits per heavy atom. The van der Waals surface area contributed by atoms with Gasteiger partial charge < -0.3 is 30.4 Å². The molecule has 8 heteroatoms. The van der Waals surface area contributed by atoms with Gasteiger partial charge in [0, 0.05) is 11.1 Å². The summed E-state index contributed by atoms with van der Waals surface area (Å²) in [5.41, 5.74) is 17.0. The highest BCUT2D eigenvalue weighted by Gasteiger charge is 2.27. The molecule has 0 saturated heterocycles. The van der Waals surface area contributed by atoms with E-state index in [4.69, 9.17) is 40.4 Å². The van der Waals surface area contributed by atoms with Crippen molar-refractivity contribution in [2.24, 2.45) is 33.3 Å². The molecule has 0 atom stereocenters. The summed E-state index contributed by atoms with van der Waals surface area (Å²) in [7, 11) is 3.31. The molecule has 6 rings (SSSR count). The molecule has 8 nitrogen and oxygen atoms in total. The Balaban J connectivity index is 0.938. The van der Waals surface area contributed by atoms with Gasteiger partial charge in [0.25, 0.3) is 0 Å². The van der Waals surface area contributed by atoms with E-state index in [0.29, 0.717) is 47.9 Å². The molecule has 0 radical (unpaired) electrons. The molecule has 2 aliphatic carbocycles. The van der Waals surface area contributed by atoms with Gasteiger partial charge in [0.1, 0.15) is 24.9 Å². The molecule has 0 bridgehead atoms. The third kappa shape index (κ3) is 10.1. The van der Waals surface area contributed by atoms with Gasteiger partial charge >= 0.3 is 0 Å². The molecule has 51 heavy (non-hydrogen) atoms. The van der Waals surface area contributed by atoms with Gasteiger partial charge in [-0.25, -0.2) is 0 Å². The van der Waals surface area contributed by atoms with Crippen LogP contribution in [0.4, 0.5) is 0 Å². The summed E-state index contributed by atoms with van der Waals surface area (Å²) in [4.78, 5) is 9.89. The predicted molar refractivity (Wildman–Crippen MR) is 205 cm³/mol. The second-order valence-electron chi connectivity index (χ2n) is 13.9. The Bertz CT molecular complexity index is 1620. The Hall–Kier alpha value is -4.98. The van der Waals surface area contributed by atoms with E-state index in [1.165, 1.54) is 32.1 Å². The van der Waals surface area contributed by atoms with E-state index in [1.807, 2.05) is 97.1 Å². The molecule has 268 valence electrons. The monoisotopic (exact) mass is 688 g/mol. The molecule has 0 aromatic heterocycles. The second-order valence-corrected chi connectivity index (χ2v) is 13.9. The fourth-order valence-electron chi connectivity index (χ4n) is 7.40. The van der Waals surface area contributed by atoms with E-state index >= 15 is 0 Å². The highest BCUT2D eigenvalue weighted by atomic mass is 16.5. The quantitative estimate of drug-likeness (QED) is 0.102. The van der Waals surface area contributed by atoms with E-state index in [9.17, 15) is 0 Å². The number of rotatable bonds is 14. The first-order chi connectivity index (χ1) is 25.0. The lowest BCUT2D eigenvalue weighted by atomic mass is 9.76. The molecule has 4 aromatic carbocycles. The van der Waals surface area contributed by atoms with Crippen molar-refractivity contribution in [3.05, 3.63) is 119 Å². The largest absolute Gasteiger partial charge is 0.493 e. The van der Waals surface area contributed by atoms with E-state index in [0.717, 1.165) is 59.8 Å². The van der Waals surface area contributed by atoms with Crippen molar-refractivity contribution in [2.75, 3.05) is 14.2 Å². The number of nitrogens with two attached hydrogens (primary N) is 2. The van der Waals surface area contributed by atoms with Crippen LogP contribution in [0.1, 0.15) is 80.0 Å². The van der Waals surface area contributed by atoms with E-state index in [2.05, 4.69) is 0 Å². The maximum atomic E-state index is 6.51. The normalized spacial score (nSPS) is 21.1. The molecule has 2 saturated carbocycles. The molecule has 2 aliphatic rings. The molecule has 0 spiro atoms. The zero-order chi connectivity index (χ0) is 35.4. The van der Waals surface area contributed by atoms with Gasteiger partial charge in [0.05, 0.1) is 26.3 Å². The van der Waals surface area contributed by atoms with Crippen molar-refractivity contribution in [3.63, 3.8) is 0 Å². The van der Waals surface area contributed by atoms with Crippen LogP contribution in [-0.4, -0.2) is 38.0 Å². The zero-order valence-electron chi connectivity index (χ0n) is 30.0. The van der Waals surface area contributed by atoms with Crippen molar-refractivity contribution in [3.8, 4) is 23.0 Å². The van der Waals surface area contributed by atoms with Gasteiger partial charge in [-0.05, 0) is 117 Å². The Morgan fingerprint density at radius 1 is 0.529 bits per heavy atom. The lowest BCUT2D eigenvalue weighted by molar-refractivity contribution is 0.226. The summed E-state index contributed by atoms with van der Waals surface area (Å²) in [6.07, 6.45) is 10.4. The Kier molecular flexibility index (Phi) is 12.5. The highest BCUT2D eigenvalue weighted by molar-refractivity contribution is 5.98.